The monoisotopic (exact) mass is 195 g/mol. The van der Waals surface area contributed by atoms with Gasteiger partial charge in [-0.3, -0.25) is 4.79 Å². The van der Waals surface area contributed by atoms with Gasteiger partial charge in [0.05, 0.1) is 6.04 Å². The molecule has 1 aliphatic rings. The van der Waals surface area contributed by atoms with Crippen molar-refractivity contribution in [1.82, 2.24) is 5.32 Å². The van der Waals surface area contributed by atoms with Crippen LogP contribution < -0.4 is 5.32 Å². The highest BCUT2D eigenvalue weighted by atomic mass is 16.1. The van der Waals surface area contributed by atoms with E-state index < -0.39 is 0 Å². The van der Waals surface area contributed by atoms with E-state index in [1.165, 1.54) is 25.7 Å². The second-order valence-corrected chi connectivity index (χ2v) is 4.06. The number of carbonyl (C=O) groups is 1. The predicted octanol–water partition coefficient (Wildman–Crippen LogP) is 2.44. The van der Waals surface area contributed by atoms with E-state index in [-0.39, 0.29) is 11.8 Å². The van der Waals surface area contributed by atoms with Crippen LogP contribution >= 0.6 is 0 Å². The number of Topliss-reactive ketones (excluding diaryl/α,β-unsaturated/α-hetero) is 1. The van der Waals surface area contributed by atoms with Gasteiger partial charge in [-0.15, -0.1) is 0 Å². The van der Waals surface area contributed by atoms with Crippen molar-refractivity contribution in [3.05, 3.63) is 11.6 Å². The van der Waals surface area contributed by atoms with E-state index >= 15 is 0 Å². The Hall–Kier alpha value is -0.630. The summed E-state index contributed by atoms with van der Waals surface area (Å²) in [6.45, 7) is 1.93. The summed E-state index contributed by atoms with van der Waals surface area (Å²) in [5, 5.41) is 3.01. The summed E-state index contributed by atoms with van der Waals surface area (Å²) in [5.41, 5.74) is 1.05. The lowest BCUT2D eigenvalue weighted by Gasteiger charge is -2.14. The van der Waals surface area contributed by atoms with E-state index in [0.717, 1.165) is 18.4 Å². The zero-order chi connectivity index (χ0) is 10.4. The van der Waals surface area contributed by atoms with E-state index in [4.69, 9.17) is 0 Å². The van der Waals surface area contributed by atoms with Gasteiger partial charge in [-0.05, 0) is 45.2 Å². The smallest absolute Gasteiger partial charge is 0.175 e. The standard InChI is InChI=1S/C12H21NO/c1-10(13-2)12(14)11-8-6-4-3-5-7-9-11/h8,10,13H,3-7,9H2,1-2H3/b11-8+. The Morgan fingerprint density at radius 3 is 2.79 bits per heavy atom. The predicted molar refractivity (Wildman–Crippen MR) is 59.3 cm³/mol. The van der Waals surface area contributed by atoms with Crippen molar-refractivity contribution in [1.29, 1.82) is 0 Å². The van der Waals surface area contributed by atoms with Crippen LogP contribution in [0.2, 0.25) is 0 Å². The Balaban J connectivity index is 2.58. The molecule has 2 heteroatoms. The van der Waals surface area contributed by atoms with Gasteiger partial charge in [0, 0.05) is 0 Å². The SMILES string of the molecule is CNC(C)C(=O)/C1=C/CCCCCC1. The fourth-order valence-electron chi connectivity index (χ4n) is 1.82. The number of rotatable bonds is 3. The molecule has 0 aromatic carbocycles. The number of hydrogen-bond acceptors (Lipinski definition) is 2. The molecule has 0 bridgehead atoms. The molecular weight excluding hydrogens is 174 g/mol. The summed E-state index contributed by atoms with van der Waals surface area (Å²) >= 11 is 0. The molecule has 80 valence electrons. The zero-order valence-corrected chi connectivity index (χ0v) is 9.31. The second-order valence-electron chi connectivity index (χ2n) is 4.06. The minimum atomic E-state index is -0.0272. The highest BCUT2D eigenvalue weighted by Gasteiger charge is 2.15. The van der Waals surface area contributed by atoms with Crippen molar-refractivity contribution in [2.24, 2.45) is 0 Å². The van der Waals surface area contributed by atoms with E-state index in [1.54, 1.807) is 0 Å². The van der Waals surface area contributed by atoms with Crippen LogP contribution in [-0.2, 0) is 4.79 Å². The van der Waals surface area contributed by atoms with Gasteiger partial charge >= 0.3 is 0 Å². The fraction of sp³-hybridized carbons (Fsp3) is 0.750. The van der Waals surface area contributed by atoms with Crippen LogP contribution in [0.1, 0.15) is 45.4 Å². The minimum absolute atomic E-state index is 0.0272. The largest absolute Gasteiger partial charge is 0.310 e. The van der Waals surface area contributed by atoms with Crippen LogP contribution in [0, 0.1) is 0 Å². The molecule has 2 nitrogen and oxygen atoms in total. The van der Waals surface area contributed by atoms with Crippen molar-refractivity contribution in [3.8, 4) is 0 Å². The molecule has 1 atom stereocenters. The van der Waals surface area contributed by atoms with Gasteiger partial charge in [-0.25, -0.2) is 0 Å². The lowest BCUT2D eigenvalue weighted by molar-refractivity contribution is -0.117. The highest BCUT2D eigenvalue weighted by Crippen LogP contribution is 2.18. The van der Waals surface area contributed by atoms with Gasteiger partial charge in [0.1, 0.15) is 0 Å². The third-order valence-electron chi connectivity index (χ3n) is 2.93. The molecule has 1 aliphatic carbocycles. The quantitative estimate of drug-likeness (QED) is 0.749. The molecular formula is C12H21NO. The van der Waals surface area contributed by atoms with Crippen molar-refractivity contribution >= 4 is 5.78 Å². The summed E-state index contributed by atoms with van der Waals surface area (Å²) < 4.78 is 0. The summed E-state index contributed by atoms with van der Waals surface area (Å²) in [7, 11) is 1.84. The first kappa shape index (κ1) is 11.4. The number of hydrogen-bond donors (Lipinski definition) is 1. The zero-order valence-electron chi connectivity index (χ0n) is 9.31. The molecule has 0 heterocycles. The third kappa shape index (κ3) is 3.26. The average molecular weight is 195 g/mol. The minimum Gasteiger partial charge on any atom is -0.310 e. The average Bonchev–Trinajstić information content (AvgIpc) is 2.15. The molecule has 0 saturated heterocycles. The molecule has 14 heavy (non-hydrogen) atoms. The molecule has 0 aromatic rings. The van der Waals surface area contributed by atoms with Gasteiger partial charge in [0.2, 0.25) is 0 Å². The highest BCUT2D eigenvalue weighted by molar-refractivity contribution is 5.99. The van der Waals surface area contributed by atoms with Gasteiger partial charge in [-0.1, -0.05) is 18.9 Å². The molecule has 1 rings (SSSR count). The van der Waals surface area contributed by atoms with Crippen molar-refractivity contribution in [2.45, 2.75) is 51.5 Å². The fourth-order valence-corrected chi connectivity index (χ4v) is 1.82. The Morgan fingerprint density at radius 2 is 2.07 bits per heavy atom. The van der Waals surface area contributed by atoms with Crippen molar-refractivity contribution < 1.29 is 4.79 Å². The summed E-state index contributed by atoms with van der Waals surface area (Å²) in [5.74, 6) is 0.286. The third-order valence-corrected chi connectivity index (χ3v) is 2.93. The van der Waals surface area contributed by atoms with E-state index in [1.807, 2.05) is 14.0 Å². The Labute approximate surface area is 86.8 Å². The lowest BCUT2D eigenvalue weighted by Crippen LogP contribution is -2.32. The van der Waals surface area contributed by atoms with Gasteiger partial charge in [-0.2, -0.15) is 0 Å². The number of allylic oxidation sites excluding steroid dienone is 1. The Bertz CT molecular complexity index is 220. The summed E-state index contributed by atoms with van der Waals surface area (Å²) in [4.78, 5) is 11.9. The number of nitrogens with one attached hydrogen (secondary N) is 1. The number of ketones is 1. The Kier molecular flexibility index (Phi) is 4.88. The van der Waals surface area contributed by atoms with Crippen LogP contribution in [0.4, 0.5) is 0 Å². The van der Waals surface area contributed by atoms with Crippen LogP contribution in [0.5, 0.6) is 0 Å². The van der Waals surface area contributed by atoms with Crippen LogP contribution in [0.25, 0.3) is 0 Å². The Morgan fingerprint density at radius 1 is 1.36 bits per heavy atom. The molecule has 0 aromatic heterocycles. The normalized spacial score (nSPS) is 24.3. The maximum atomic E-state index is 11.9. The van der Waals surface area contributed by atoms with Gasteiger partial charge in [0.25, 0.3) is 0 Å². The van der Waals surface area contributed by atoms with E-state index in [0.29, 0.717) is 0 Å². The molecule has 0 amide bonds. The molecule has 0 saturated carbocycles. The number of carbonyl (C=O) groups excluding carboxylic acids is 1. The molecule has 0 aliphatic heterocycles. The van der Waals surface area contributed by atoms with Crippen LogP contribution in [-0.4, -0.2) is 18.9 Å². The van der Waals surface area contributed by atoms with Gasteiger partial charge < -0.3 is 5.32 Å². The first-order valence-corrected chi connectivity index (χ1v) is 5.66. The summed E-state index contributed by atoms with van der Waals surface area (Å²) in [6, 6.07) is -0.0272. The molecule has 1 N–H and O–H groups in total. The van der Waals surface area contributed by atoms with Gasteiger partial charge in [0.15, 0.2) is 5.78 Å². The first-order valence-electron chi connectivity index (χ1n) is 5.66. The van der Waals surface area contributed by atoms with Crippen LogP contribution in [0.15, 0.2) is 11.6 Å². The molecule has 0 radical (unpaired) electrons. The van der Waals surface area contributed by atoms with Crippen LogP contribution in [0.3, 0.4) is 0 Å². The topological polar surface area (TPSA) is 29.1 Å². The second kappa shape index (κ2) is 5.97. The molecule has 0 fully saturated rings. The maximum Gasteiger partial charge on any atom is 0.175 e. The molecule has 1 unspecified atom stereocenters. The maximum absolute atomic E-state index is 11.9. The van der Waals surface area contributed by atoms with Crippen molar-refractivity contribution in [2.75, 3.05) is 7.05 Å². The van der Waals surface area contributed by atoms with Crippen molar-refractivity contribution in [3.63, 3.8) is 0 Å². The van der Waals surface area contributed by atoms with E-state index in [2.05, 4.69) is 11.4 Å². The molecule has 0 spiro atoms. The number of likely N-dealkylation sites (N-methyl/N-ethyl adjacent to an activating group) is 1. The van der Waals surface area contributed by atoms with E-state index in [9.17, 15) is 4.79 Å². The summed E-state index contributed by atoms with van der Waals surface area (Å²) in [6.07, 6.45) is 9.22. The lowest BCUT2D eigenvalue weighted by atomic mass is 9.95. The first-order chi connectivity index (χ1) is 6.75.